The van der Waals surface area contributed by atoms with Gasteiger partial charge in [0.2, 0.25) is 0 Å². The highest BCUT2D eigenvalue weighted by Gasteiger charge is 2.61. The number of thioether (sulfide) groups is 4. The van der Waals surface area contributed by atoms with Gasteiger partial charge in [0.15, 0.2) is 11.6 Å². The molecule has 0 fully saturated rings. The Labute approximate surface area is 162 Å². The molecule has 2 aliphatic heterocycles. The van der Waals surface area contributed by atoms with E-state index < -0.39 is 5.41 Å². The van der Waals surface area contributed by atoms with Crippen molar-refractivity contribution in [3.05, 3.63) is 60.7 Å². The number of ketones is 2. The molecule has 0 aromatic heterocycles. The molecule has 124 valence electrons. The molecule has 0 N–H and O–H groups in total. The lowest BCUT2D eigenvalue weighted by Gasteiger charge is -2.35. The second-order valence-electron chi connectivity index (χ2n) is 5.96. The highest BCUT2D eigenvalue weighted by atomic mass is 32.2. The number of hydrogen-bond donors (Lipinski definition) is 0. The first-order valence-electron chi connectivity index (χ1n) is 7.81. The van der Waals surface area contributed by atoms with E-state index in [1.165, 1.54) is 12.2 Å². The van der Waals surface area contributed by atoms with E-state index in [9.17, 15) is 9.59 Å². The highest BCUT2D eigenvalue weighted by molar-refractivity contribution is 8.21. The lowest BCUT2D eigenvalue weighted by Crippen LogP contribution is -2.47. The molecule has 0 spiro atoms. The Balaban J connectivity index is 1.57. The Morgan fingerprint density at radius 1 is 0.600 bits per heavy atom. The van der Waals surface area contributed by atoms with E-state index in [2.05, 4.69) is 24.3 Å². The third-order valence-corrected chi connectivity index (χ3v) is 10.8. The predicted molar refractivity (Wildman–Crippen MR) is 105 cm³/mol. The molecule has 2 heterocycles. The van der Waals surface area contributed by atoms with Gasteiger partial charge < -0.3 is 0 Å². The van der Waals surface area contributed by atoms with E-state index in [-0.39, 0.29) is 20.7 Å². The van der Waals surface area contributed by atoms with E-state index >= 15 is 0 Å². The van der Waals surface area contributed by atoms with Crippen molar-refractivity contribution < 1.29 is 9.59 Å². The molecule has 0 bridgehead atoms. The molecule has 2 aromatic carbocycles. The third-order valence-electron chi connectivity index (χ3n) is 4.58. The Morgan fingerprint density at radius 2 is 0.920 bits per heavy atom. The van der Waals surface area contributed by atoms with E-state index in [0.717, 1.165) is 19.6 Å². The molecule has 0 saturated carbocycles. The van der Waals surface area contributed by atoms with Crippen molar-refractivity contribution in [1.82, 2.24) is 0 Å². The number of rotatable bonds is 2. The van der Waals surface area contributed by atoms with Gasteiger partial charge in [0.05, 0.1) is 9.16 Å². The van der Waals surface area contributed by atoms with Crippen LogP contribution in [0.15, 0.2) is 80.3 Å². The maximum absolute atomic E-state index is 13.0. The van der Waals surface area contributed by atoms with Crippen LogP contribution in [0, 0.1) is 5.41 Å². The largest absolute Gasteiger partial charge is 0.294 e. The van der Waals surface area contributed by atoms with E-state index in [4.69, 9.17) is 0 Å². The van der Waals surface area contributed by atoms with Gasteiger partial charge in [0.1, 0.15) is 5.41 Å². The monoisotopic (exact) mass is 400 g/mol. The number of benzene rings is 2. The maximum Gasteiger partial charge on any atom is 0.173 e. The Bertz CT molecular complexity index is 811. The van der Waals surface area contributed by atoms with Gasteiger partial charge in [-0.05, 0) is 36.4 Å². The van der Waals surface area contributed by atoms with E-state index in [1.54, 1.807) is 47.0 Å². The van der Waals surface area contributed by atoms with Gasteiger partial charge in [-0.3, -0.25) is 9.59 Å². The molecule has 0 amide bonds. The van der Waals surface area contributed by atoms with Gasteiger partial charge in [-0.15, -0.1) is 47.0 Å². The molecule has 25 heavy (non-hydrogen) atoms. The van der Waals surface area contributed by atoms with Crippen molar-refractivity contribution in [3.8, 4) is 0 Å². The zero-order chi connectivity index (χ0) is 17.0. The Morgan fingerprint density at radius 3 is 1.24 bits per heavy atom. The molecule has 0 unspecified atom stereocenters. The summed E-state index contributed by atoms with van der Waals surface area (Å²) < 4.78 is -0.251. The molecule has 0 saturated heterocycles. The van der Waals surface area contributed by atoms with Gasteiger partial charge in [-0.1, -0.05) is 24.3 Å². The molecule has 2 nitrogen and oxygen atoms in total. The average Bonchev–Trinajstić information content (AvgIpc) is 3.30. The summed E-state index contributed by atoms with van der Waals surface area (Å²) in [6, 6.07) is 16.3. The van der Waals surface area contributed by atoms with Crippen LogP contribution in [0.5, 0.6) is 0 Å². The topological polar surface area (TPSA) is 34.1 Å². The van der Waals surface area contributed by atoms with Crippen molar-refractivity contribution in [2.75, 3.05) is 0 Å². The standard InChI is InChI=1S/C19H12O2S4/c20-15-9-10-16(21)19(15,17-22-11-5-1-2-6-12(11)23-17)18-24-13-7-3-4-8-14(13)25-18/h1-10,17-18H. The zero-order valence-corrected chi connectivity index (χ0v) is 16.1. The second kappa shape index (κ2) is 5.98. The molecule has 5 rings (SSSR count). The van der Waals surface area contributed by atoms with Crippen LogP contribution in [0.4, 0.5) is 0 Å². The van der Waals surface area contributed by atoms with Gasteiger partial charge in [-0.2, -0.15) is 0 Å². The van der Waals surface area contributed by atoms with Gasteiger partial charge in [0.25, 0.3) is 0 Å². The summed E-state index contributed by atoms with van der Waals surface area (Å²) in [6.07, 6.45) is 2.97. The lowest BCUT2D eigenvalue weighted by molar-refractivity contribution is -0.131. The number of fused-ring (bicyclic) bond motifs is 2. The van der Waals surface area contributed by atoms with Crippen LogP contribution in [0.25, 0.3) is 0 Å². The fourth-order valence-corrected chi connectivity index (χ4v) is 10.4. The van der Waals surface area contributed by atoms with Crippen molar-refractivity contribution >= 4 is 58.6 Å². The Kier molecular flexibility index (Phi) is 3.85. The first-order valence-corrected chi connectivity index (χ1v) is 11.3. The van der Waals surface area contributed by atoms with Crippen molar-refractivity contribution in [2.24, 2.45) is 5.41 Å². The molecule has 6 heteroatoms. The average molecular weight is 401 g/mol. The molecule has 1 aliphatic carbocycles. The van der Waals surface area contributed by atoms with Crippen molar-refractivity contribution in [2.45, 2.75) is 28.7 Å². The number of carbonyl (C=O) groups excluding carboxylic acids is 2. The maximum atomic E-state index is 13.0. The van der Waals surface area contributed by atoms with Crippen LogP contribution in [0.1, 0.15) is 0 Å². The van der Waals surface area contributed by atoms with Gasteiger partial charge in [-0.25, -0.2) is 0 Å². The van der Waals surface area contributed by atoms with Crippen LogP contribution < -0.4 is 0 Å². The molecule has 0 atom stereocenters. The minimum Gasteiger partial charge on any atom is -0.294 e. The number of allylic oxidation sites excluding steroid dienone is 2. The normalized spacial score (nSPS) is 21.8. The van der Waals surface area contributed by atoms with E-state index in [1.807, 2.05) is 24.3 Å². The molecule has 2 aromatic rings. The summed E-state index contributed by atoms with van der Waals surface area (Å²) in [5.74, 6) is -0.0961. The molecular formula is C19H12O2S4. The quantitative estimate of drug-likeness (QED) is 0.650. The van der Waals surface area contributed by atoms with Gasteiger partial charge in [0, 0.05) is 19.6 Å². The highest BCUT2D eigenvalue weighted by Crippen LogP contribution is 2.64. The smallest absolute Gasteiger partial charge is 0.173 e. The van der Waals surface area contributed by atoms with Crippen LogP contribution in [0.3, 0.4) is 0 Å². The first-order chi connectivity index (χ1) is 12.2. The van der Waals surface area contributed by atoms with E-state index in [0.29, 0.717) is 0 Å². The minimum absolute atomic E-state index is 0.0480. The summed E-state index contributed by atoms with van der Waals surface area (Å²) in [4.78, 5) is 30.7. The van der Waals surface area contributed by atoms with Crippen LogP contribution >= 0.6 is 47.0 Å². The zero-order valence-electron chi connectivity index (χ0n) is 12.9. The summed E-state index contributed by atoms with van der Waals surface area (Å²) in [7, 11) is 0. The summed E-state index contributed by atoms with van der Waals surface area (Å²) >= 11 is 6.64. The van der Waals surface area contributed by atoms with Crippen LogP contribution in [-0.2, 0) is 9.59 Å². The Hall–Kier alpha value is -1.08. The van der Waals surface area contributed by atoms with Crippen LogP contribution in [0.2, 0.25) is 0 Å². The lowest BCUT2D eigenvalue weighted by atomic mass is 9.87. The summed E-state index contributed by atoms with van der Waals surface area (Å²) in [6.45, 7) is 0. The fraction of sp³-hybridized carbons (Fsp3) is 0.158. The number of carbonyl (C=O) groups is 2. The van der Waals surface area contributed by atoms with Crippen molar-refractivity contribution in [1.29, 1.82) is 0 Å². The fourth-order valence-electron chi connectivity index (χ4n) is 3.30. The minimum atomic E-state index is -1.01. The van der Waals surface area contributed by atoms with Crippen molar-refractivity contribution in [3.63, 3.8) is 0 Å². The van der Waals surface area contributed by atoms with Crippen LogP contribution in [-0.4, -0.2) is 20.7 Å². The molecular weight excluding hydrogens is 388 g/mol. The SMILES string of the molecule is O=C1C=CC(=O)C1(C1Sc2ccccc2S1)C1Sc2ccccc2S1. The number of hydrogen-bond acceptors (Lipinski definition) is 6. The third kappa shape index (κ3) is 2.31. The van der Waals surface area contributed by atoms with Gasteiger partial charge >= 0.3 is 0 Å². The second-order valence-corrected chi connectivity index (χ2v) is 11.1. The first kappa shape index (κ1) is 16.1. The predicted octanol–water partition coefficient (Wildman–Crippen LogP) is 5.13. The summed E-state index contributed by atoms with van der Waals surface area (Å²) in [5, 5.41) is 0. The molecule has 0 radical (unpaired) electrons. The summed E-state index contributed by atoms with van der Waals surface area (Å²) in [5.41, 5.74) is -1.01. The molecule has 3 aliphatic rings.